The Labute approximate surface area is 337 Å². The van der Waals surface area contributed by atoms with E-state index in [-0.39, 0.29) is 80.9 Å². The van der Waals surface area contributed by atoms with Gasteiger partial charge in [-0.2, -0.15) is 0 Å². The molecule has 56 heavy (non-hydrogen) atoms. The van der Waals surface area contributed by atoms with Gasteiger partial charge in [0.05, 0.1) is 28.2 Å². The summed E-state index contributed by atoms with van der Waals surface area (Å²) < 4.78 is 34.8. The number of primary amides is 1. The van der Waals surface area contributed by atoms with Crippen molar-refractivity contribution in [3.05, 3.63) is 70.4 Å². The molecule has 0 saturated carbocycles. The van der Waals surface area contributed by atoms with E-state index < -0.39 is 59.0 Å². The average Bonchev–Trinajstić information content (AvgIpc) is 3.74. The molecule has 1 aliphatic heterocycles. The fraction of sp³-hybridized carbons (Fsp3) is 0.525. The van der Waals surface area contributed by atoms with Crippen LogP contribution in [0.25, 0.3) is 10.4 Å². The Morgan fingerprint density at radius 3 is 2.39 bits per heavy atom. The summed E-state index contributed by atoms with van der Waals surface area (Å²) in [5, 5.41) is 16.4. The molecule has 1 aliphatic rings. The highest BCUT2D eigenvalue weighted by atomic mass is 35.5. The SMILES string of the molecule is Cc1ncsc1-c1ccc([C@H](C)NC(=O)[C@@H]2C[C@@H](O)CN2C(=O)[C@@H](NC(=O)CCCCCc2cc(F)cc(OC[C@@H](N)CCC(N)=O)c2F)C(C)(C)C)cc1.Cl. The molecule has 3 aromatic rings. The number of aliphatic hydroxyl groups is 1. The first-order valence-electron chi connectivity index (χ1n) is 18.7. The number of aryl methyl sites for hydroxylation is 2. The van der Waals surface area contributed by atoms with Crippen LogP contribution in [0, 0.1) is 24.0 Å². The van der Waals surface area contributed by atoms with Crippen molar-refractivity contribution < 1.29 is 37.8 Å². The van der Waals surface area contributed by atoms with Gasteiger partial charge in [0.2, 0.25) is 23.6 Å². The van der Waals surface area contributed by atoms with Crippen LogP contribution in [-0.2, 0) is 25.6 Å². The molecule has 0 bridgehead atoms. The third-order valence-electron chi connectivity index (χ3n) is 9.70. The lowest BCUT2D eigenvalue weighted by molar-refractivity contribution is -0.144. The number of ether oxygens (including phenoxy) is 1. The summed E-state index contributed by atoms with van der Waals surface area (Å²) in [6.07, 6.45) is 1.20. The van der Waals surface area contributed by atoms with Crippen molar-refractivity contribution in [1.82, 2.24) is 20.5 Å². The van der Waals surface area contributed by atoms with Crippen LogP contribution >= 0.6 is 23.7 Å². The molecule has 2 aromatic carbocycles. The van der Waals surface area contributed by atoms with Gasteiger partial charge in [0.1, 0.15) is 24.5 Å². The van der Waals surface area contributed by atoms with Gasteiger partial charge in [-0.3, -0.25) is 19.2 Å². The largest absolute Gasteiger partial charge is 0.489 e. The van der Waals surface area contributed by atoms with Crippen molar-refractivity contribution >= 4 is 47.4 Å². The standard InChI is InChI=1S/C40H54F2N6O6S.ClH/c1-23(25-11-13-26(14-12-25)36-24(2)45-22-55-36)46-38(52)31-19-30(49)20-48(31)39(53)37(40(3,4)5)47-34(51)10-8-6-7-9-27-17-28(41)18-32(35(27)42)54-21-29(43)15-16-33(44)50;/h11-14,17-18,22-23,29-31,37,49H,6-10,15-16,19-21,43H2,1-5H3,(H2,44,50)(H,46,52)(H,47,51);1H/t23-,29-,30+,31-,37+;/m0./s1. The third-order valence-corrected chi connectivity index (χ3v) is 10.7. The van der Waals surface area contributed by atoms with Gasteiger partial charge in [-0.25, -0.2) is 13.8 Å². The Kier molecular flexibility index (Phi) is 17.2. The van der Waals surface area contributed by atoms with E-state index in [0.717, 1.165) is 33.8 Å². The zero-order valence-corrected chi connectivity index (χ0v) is 34.2. The molecular weight excluding hydrogens is 766 g/mol. The number of nitrogens with one attached hydrogen (secondary N) is 2. The van der Waals surface area contributed by atoms with Crippen LogP contribution in [0.2, 0.25) is 0 Å². The zero-order chi connectivity index (χ0) is 40.4. The molecule has 2 heterocycles. The molecule has 12 nitrogen and oxygen atoms in total. The number of hydrogen-bond acceptors (Lipinski definition) is 9. The van der Waals surface area contributed by atoms with Gasteiger partial charge in [-0.15, -0.1) is 23.7 Å². The maximum atomic E-state index is 15.1. The molecule has 1 aromatic heterocycles. The van der Waals surface area contributed by atoms with Gasteiger partial charge in [-0.05, 0) is 67.7 Å². The Morgan fingerprint density at radius 1 is 1.07 bits per heavy atom. The number of hydrogen-bond donors (Lipinski definition) is 5. The van der Waals surface area contributed by atoms with E-state index in [0.29, 0.717) is 19.3 Å². The summed E-state index contributed by atoms with van der Waals surface area (Å²) in [6.45, 7) is 9.11. The van der Waals surface area contributed by atoms with E-state index in [1.165, 1.54) is 4.90 Å². The molecule has 0 radical (unpaired) electrons. The monoisotopic (exact) mass is 820 g/mol. The number of likely N-dealkylation sites (tertiary alicyclic amines) is 1. The van der Waals surface area contributed by atoms with Crippen molar-refractivity contribution in [2.45, 2.75) is 116 Å². The van der Waals surface area contributed by atoms with E-state index in [4.69, 9.17) is 16.2 Å². The fourth-order valence-electron chi connectivity index (χ4n) is 6.54. The maximum absolute atomic E-state index is 15.1. The van der Waals surface area contributed by atoms with Gasteiger partial charge in [0.25, 0.3) is 0 Å². The fourth-order valence-corrected chi connectivity index (χ4v) is 7.35. The molecule has 4 rings (SSSR count). The maximum Gasteiger partial charge on any atom is 0.246 e. The van der Waals surface area contributed by atoms with Crippen LogP contribution in [0.5, 0.6) is 5.75 Å². The number of thiazole rings is 1. The first-order chi connectivity index (χ1) is 25.9. The number of benzene rings is 2. The number of β-amino-alcohol motifs (C(OH)–C–C–N with tert-alkyl or cyclic N) is 1. The second kappa shape index (κ2) is 20.8. The number of halogens is 3. The molecule has 0 aliphatic carbocycles. The van der Waals surface area contributed by atoms with Crippen LogP contribution in [0.4, 0.5) is 8.78 Å². The summed E-state index contributed by atoms with van der Waals surface area (Å²) >= 11 is 1.56. The first kappa shape index (κ1) is 46.2. The van der Waals surface area contributed by atoms with Crippen molar-refractivity contribution in [3.8, 4) is 16.2 Å². The number of amides is 4. The highest BCUT2D eigenvalue weighted by Gasteiger charge is 2.44. The van der Waals surface area contributed by atoms with Crippen LogP contribution in [0.1, 0.15) is 95.5 Å². The summed E-state index contributed by atoms with van der Waals surface area (Å²) in [6, 6.07) is 7.07. The summed E-state index contributed by atoms with van der Waals surface area (Å²) in [4.78, 5) is 58.4. The second-order valence-electron chi connectivity index (χ2n) is 15.4. The minimum Gasteiger partial charge on any atom is -0.489 e. The van der Waals surface area contributed by atoms with Gasteiger partial charge < -0.3 is 36.8 Å². The number of carbonyl (C=O) groups excluding carboxylic acids is 4. The topological polar surface area (TPSA) is 190 Å². The Bertz CT molecular complexity index is 1810. The molecule has 7 N–H and O–H groups in total. The lowest BCUT2D eigenvalue weighted by Crippen LogP contribution is -2.57. The molecule has 16 heteroatoms. The van der Waals surface area contributed by atoms with Crippen LogP contribution in [-0.4, -0.2) is 76.0 Å². The first-order valence-corrected chi connectivity index (χ1v) is 19.6. The zero-order valence-electron chi connectivity index (χ0n) is 32.6. The number of nitrogens with zero attached hydrogens (tertiary/aromatic N) is 2. The summed E-state index contributed by atoms with van der Waals surface area (Å²) in [7, 11) is 0. The van der Waals surface area contributed by atoms with Crippen molar-refractivity contribution in [2.75, 3.05) is 13.2 Å². The molecule has 0 unspecified atom stereocenters. The predicted octanol–water partition coefficient (Wildman–Crippen LogP) is 5.26. The van der Waals surface area contributed by atoms with Crippen molar-refractivity contribution in [2.24, 2.45) is 16.9 Å². The second-order valence-corrected chi connectivity index (χ2v) is 16.3. The lowest BCUT2D eigenvalue weighted by atomic mass is 9.85. The number of aromatic nitrogens is 1. The van der Waals surface area contributed by atoms with E-state index >= 15 is 4.39 Å². The molecule has 4 amide bonds. The highest BCUT2D eigenvalue weighted by molar-refractivity contribution is 7.13. The number of nitrogens with two attached hydrogens (primary N) is 2. The van der Waals surface area contributed by atoms with E-state index in [1.54, 1.807) is 16.8 Å². The smallest absolute Gasteiger partial charge is 0.246 e. The minimum absolute atomic E-state index is 0. The molecule has 1 fully saturated rings. The quantitative estimate of drug-likeness (QED) is 0.107. The van der Waals surface area contributed by atoms with Crippen LogP contribution in [0.15, 0.2) is 41.9 Å². The molecular formula is C40H55ClF2N6O6S. The number of aliphatic hydroxyl groups excluding tert-OH is 1. The lowest BCUT2D eigenvalue weighted by Gasteiger charge is -2.35. The predicted molar refractivity (Wildman–Crippen MR) is 214 cm³/mol. The normalized spacial score (nSPS) is 17.1. The summed E-state index contributed by atoms with van der Waals surface area (Å²) in [5.41, 5.74) is 15.1. The third kappa shape index (κ3) is 12.9. The highest BCUT2D eigenvalue weighted by Crippen LogP contribution is 2.30. The molecule has 1 saturated heterocycles. The van der Waals surface area contributed by atoms with E-state index in [9.17, 15) is 28.7 Å². The van der Waals surface area contributed by atoms with Gasteiger partial charge in [0, 0.05) is 37.9 Å². The van der Waals surface area contributed by atoms with Gasteiger partial charge >= 0.3 is 0 Å². The molecule has 5 atom stereocenters. The van der Waals surface area contributed by atoms with Crippen molar-refractivity contribution in [1.29, 1.82) is 0 Å². The van der Waals surface area contributed by atoms with Crippen LogP contribution < -0.4 is 26.8 Å². The Hall–Kier alpha value is -4.18. The number of unbranched alkanes of at least 4 members (excludes halogenated alkanes) is 2. The Morgan fingerprint density at radius 2 is 1.77 bits per heavy atom. The average molecular weight is 821 g/mol. The molecule has 0 spiro atoms. The molecule has 308 valence electrons. The Balaban J connectivity index is 0.00000841. The van der Waals surface area contributed by atoms with Gasteiger partial charge in [-0.1, -0.05) is 51.5 Å². The van der Waals surface area contributed by atoms with Crippen molar-refractivity contribution in [3.63, 3.8) is 0 Å². The van der Waals surface area contributed by atoms with E-state index in [2.05, 4.69) is 15.6 Å². The minimum atomic E-state index is -0.968. The number of carbonyl (C=O) groups is 4. The summed E-state index contributed by atoms with van der Waals surface area (Å²) in [5.74, 6) is -3.35. The van der Waals surface area contributed by atoms with E-state index in [1.807, 2.05) is 58.9 Å². The number of rotatable bonds is 18. The van der Waals surface area contributed by atoms with Crippen LogP contribution in [0.3, 0.4) is 0 Å². The van der Waals surface area contributed by atoms with Gasteiger partial charge in [0.15, 0.2) is 11.6 Å².